The van der Waals surface area contributed by atoms with Crippen molar-refractivity contribution in [1.82, 2.24) is 4.98 Å². The van der Waals surface area contributed by atoms with E-state index in [0.29, 0.717) is 0 Å². The number of hydrogen-bond acceptors (Lipinski definition) is 4. The van der Waals surface area contributed by atoms with Crippen LogP contribution in [0.3, 0.4) is 0 Å². The van der Waals surface area contributed by atoms with E-state index in [1.54, 1.807) is 6.20 Å². The normalized spacial score (nSPS) is 24.1. The number of fused-ring (bicyclic) bond motifs is 1. The van der Waals surface area contributed by atoms with Gasteiger partial charge in [0, 0.05) is 6.20 Å². The molecule has 0 amide bonds. The second kappa shape index (κ2) is 3.40. The molecule has 0 saturated carbocycles. The fourth-order valence-electron chi connectivity index (χ4n) is 1.46. The van der Waals surface area contributed by atoms with Gasteiger partial charge in [-0.05, 0) is 31.2 Å². The fraction of sp³-hybridized carbons (Fsp3) is 0.300. The summed E-state index contributed by atoms with van der Waals surface area (Å²) in [6, 6.07) is 3.85. The van der Waals surface area contributed by atoms with E-state index in [2.05, 4.69) is 10.3 Å². The molecule has 0 radical (unpaired) electrons. The van der Waals surface area contributed by atoms with Gasteiger partial charge in [0.25, 0.3) is 0 Å². The SMILES string of the molecule is CC1(OCN)C=Cc2ncccc2N1. The highest BCUT2D eigenvalue weighted by atomic mass is 16.5. The summed E-state index contributed by atoms with van der Waals surface area (Å²) in [4.78, 5) is 4.21. The topological polar surface area (TPSA) is 60.2 Å². The maximum Gasteiger partial charge on any atom is 0.157 e. The van der Waals surface area contributed by atoms with E-state index in [-0.39, 0.29) is 6.73 Å². The molecule has 0 fully saturated rings. The summed E-state index contributed by atoms with van der Waals surface area (Å²) >= 11 is 0. The predicted molar refractivity (Wildman–Crippen MR) is 55.4 cm³/mol. The van der Waals surface area contributed by atoms with Crippen molar-refractivity contribution in [2.24, 2.45) is 5.73 Å². The van der Waals surface area contributed by atoms with Crippen LogP contribution in [0.15, 0.2) is 24.4 Å². The summed E-state index contributed by atoms with van der Waals surface area (Å²) in [7, 11) is 0. The van der Waals surface area contributed by atoms with Crippen LogP contribution in [0.2, 0.25) is 0 Å². The molecule has 3 N–H and O–H groups in total. The lowest BCUT2D eigenvalue weighted by Crippen LogP contribution is -2.39. The van der Waals surface area contributed by atoms with Gasteiger partial charge in [0.1, 0.15) is 0 Å². The molecule has 0 saturated heterocycles. The Bertz CT molecular complexity index is 364. The maximum absolute atomic E-state index is 5.38. The number of hydrogen-bond donors (Lipinski definition) is 2. The van der Waals surface area contributed by atoms with E-state index in [1.165, 1.54) is 0 Å². The zero-order chi connectivity index (χ0) is 10.0. The van der Waals surface area contributed by atoms with Gasteiger partial charge in [-0.15, -0.1) is 0 Å². The number of anilines is 1. The number of pyridine rings is 1. The molecular formula is C10H13N3O. The van der Waals surface area contributed by atoms with Gasteiger partial charge in [0.15, 0.2) is 5.72 Å². The second-order valence-electron chi connectivity index (χ2n) is 3.31. The van der Waals surface area contributed by atoms with E-state index < -0.39 is 5.72 Å². The molecule has 0 spiro atoms. The van der Waals surface area contributed by atoms with Crippen LogP contribution in [0, 0.1) is 0 Å². The van der Waals surface area contributed by atoms with Crippen molar-refractivity contribution in [2.45, 2.75) is 12.6 Å². The third kappa shape index (κ3) is 1.62. The highest BCUT2D eigenvalue weighted by molar-refractivity contribution is 5.68. The van der Waals surface area contributed by atoms with Crippen molar-refractivity contribution in [1.29, 1.82) is 0 Å². The molecular weight excluding hydrogens is 178 g/mol. The Morgan fingerprint density at radius 3 is 3.29 bits per heavy atom. The van der Waals surface area contributed by atoms with Crippen LogP contribution < -0.4 is 11.1 Å². The van der Waals surface area contributed by atoms with Gasteiger partial charge in [0.05, 0.1) is 18.1 Å². The third-order valence-electron chi connectivity index (χ3n) is 2.16. The van der Waals surface area contributed by atoms with Crippen molar-refractivity contribution in [3.63, 3.8) is 0 Å². The van der Waals surface area contributed by atoms with Gasteiger partial charge >= 0.3 is 0 Å². The minimum atomic E-state index is -0.523. The number of rotatable bonds is 2. The molecule has 0 bridgehead atoms. The van der Waals surface area contributed by atoms with Crippen molar-refractivity contribution < 1.29 is 4.74 Å². The van der Waals surface area contributed by atoms with Gasteiger partial charge in [0.2, 0.25) is 0 Å². The first-order chi connectivity index (χ1) is 6.73. The summed E-state index contributed by atoms with van der Waals surface area (Å²) in [6.07, 6.45) is 5.61. The van der Waals surface area contributed by atoms with Crippen LogP contribution in [0.25, 0.3) is 6.08 Å². The number of ether oxygens (including phenoxy) is 1. The zero-order valence-electron chi connectivity index (χ0n) is 8.03. The number of nitrogens with zero attached hydrogens (tertiary/aromatic N) is 1. The molecule has 14 heavy (non-hydrogen) atoms. The van der Waals surface area contributed by atoms with Crippen molar-refractivity contribution >= 4 is 11.8 Å². The maximum atomic E-state index is 5.38. The molecule has 1 aliphatic rings. The van der Waals surface area contributed by atoms with E-state index in [1.807, 2.05) is 31.2 Å². The van der Waals surface area contributed by atoms with Gasteiger partial charge in [-0.2, -0.15) is 0 Å². The Morgan fingerprint density at radius 1 is 1.64 bits per heavy atom. The quantitative estimate of drug-likeness (QED) is 0.689. The molecule has 2 rings (SSSR count). The highest BCUT2D eigenvalue weighted by Crippen LogP contribution is 2.26. The second-order valence-corrected chi connectivity index (χ2v) is 3.31. The average molecular weight is 191 g/mol. The molecule has 1 aliphatic heterocycles. The smallest absolute Gasteiger partial charge is 0.157 e. The fourth-order valence-corrected chi connectivity index (χ4v) is 1.46. The van der Waals surface area contributed by atoms with Gasteiger partial charge in [-0.3, -0.25) is 4.98 Å². The molecule has 4 heteroatoms. The van der Waals surface area contributed by atoms with Crippen LogP contribution in [-0.4, -0.2) is 17.4 Å². The molecule has 4 nitrogen and oxygen atoms in total. The molecule has 0 aliphatic carbocycles. The summed E-state index contributed by atoms with van der Waals surface area (Å²) in [6.45, 7) is 2.11. The van der Waals surface area contributed by atoms with E-state index in [4.69, 9.17) is 10.5 Å². The summed E-state index contributed by atoms with van der Waals surface area (Å²) in [5, 5.41) is 3.22. The van der Waals surface area contributed by atoms with Crippen molar-refractivity contribution in [3.8, 4) is 0 Å². The number of nitrogens with one attached hydrogen (secondary N) is 1. The molecule has 1 atom stereocenters. The van der Waals surface area contributed by atoms with Gasteiger partial charge in [-0.1, -0.05) is 0 Å². The van der Waals surface area contributed by atoms with Crippen molar-refractivity contribution in [2.75, 3.05) is 12.0 Å². The van der Waals surface area contributed by atoms with E-state index >= 15 is 0 Å². The van der Waals surface area contributed by atoms with Gasteiger partial charge in [-0.25, -0.2) is 0 Å². The van der Waals surface area contributed by atoms with Crippen LogP contribution >= 0.6 is 0 Å². The number of nitrogens with two attached hydrogens (primary N) is 1. The Morgan fingerprint density at radius 2 is 2.50 bits per heavy atom. The standard InChI is InChI=1S/C10H13N3O/c1-10(14-7-11)5-4-8-9(13-10)3-2-6-12-8/h2-6,13H,7,11H2,1H3. The molecule has 1 aromatic rings. The Hall–Kier alpha value is -1.39. The molecule has 0 aromatic carbocycles. The largest absolute Gasteiger partial charge is 0.353 e. The first kappa shape index (κ1) is 9.18. The summed E-state index contributed by atoms with van der Waals surface area (Å²) in [5.74, 6) is 0. The van der Waals surface area contributed by atoms with Crippen LogP contribution in [-0.2, 0) is 4.74 Å². The monoisotopic (exact) mass is 191 g/mol. The van der Waals surface area contributed by atoms with Crippen LogP contribution in [0.5, 0.6) is 0 Å². The van der Waals surface area contributed by atoms with Gasteiger partial charge < -0.3 is 15.8 Å². The third-order valence-corrected chi connectivity index (χ3v) is 2.16. The first-order valence-electron chi connectivity index (χ1n) is 4.50. The van der Waals surface area contributed by atoms with Crippen LogP contribution in [0.4, 0.5) is 5.69 Å². The highest BCUT2D eigenvalue weighted by Gasteiger charge is 2.25. The average Bonchev–Trinajstić information content (AvgIpc) is 2.17. The Labute approximate surface area is 82.8 Å². The van der Waals surface area contributed by atoms with E-state index in [0.717, 1.165) is 11.4 Å². The number of aromatic nitrogens is 1. The first-order valence-corrected chi connectivity index (χ1v) is 4.50. The minimum absolute atomic E-state index is 0.184. The Kier molecular flexibility index (Phi) is 2.23. The summed E-state index contributed by atoms with van der Waals surface area (Å²) in [5.41, 5.74) is 6.72. The Balaban J connectivity index is 2.29. The molecule has 74 valence electrons. The zero-order valence-corrected chi connectivity index (χ0v) is 8.03. The van der Waals surface area contributed by atoms with E-state index in [9.17, 15) is 0 Å². The lowest BCUT2D eigenvalue weighted by Gasteiger charge is -2.31. The van der Waals surface area contributed by atoms with Crippen LogP contribution in [0.1, 0.15) is 12.6 Å². The minimum Gasteiger partial charge on any atom is -0.353 e. The summed E-state index contributed by atoms with van der Waals surface area (Å²) < 4.78 is 5.38. The van der Waals surface area contributed by atoms with Crippen molar-refractivity contribution in [3.05, 3.63) is 30.1 Å². The molecule has 1 aromatic heterocycles. The lowest BCUT2D eigenvalue weighted by atomic mass is 10.1. The molecule has 2 heterocycles. The molecule has 1 unspecified atom stereocenters. The lowest BCUT2D eigenvalue weighted by molar-refractivity contribution is 0.0309. The predicted octanol–water partition coefficient (Wildman–Crippen LogP) is 1.17.